The first-order valence-electron chi connectivity index (χ1n) is 4.46. The summed E-state index contributed by atoms with van der Waals surface area (Å²) < 4.78 is 0.470. The number of carbonyl (C=O) groups is 1. The van der Waals surface area contributed by atoms with E-state index in [4.69, 9.17) is 17.3 Å². The Balaban J connectivity index is 2.31. The van der Waals surface area contributed by atoms with Crippen LogP contribution in [0.1, 0.15) is 17.7 Å². The first-order chi connectivity index (χ1) is 6.66. The molecule has 4 nitrogen and oxygen atoms in total. The van der Waals surface area contributed by atoms with Crippen molar-refractivity contribution in [3.8, 4) is 0 Å². The van der Waals surface area contributed by atoms with E-state index < -0.39 is 5.97 Å². The Bertz CT molecular complexity index is 427. The molecule has 0 aromatic carbocycles. The summed E-state index contributed by atoms with van der Waals surface area (Å²) in [4.78, 5) is 17.7. The SMILES string of the molecule is O=C(O)[C@H]1CCc2[nH]c(=S)ncc2C1. The molecule has 0 amide bonds. The maximum absolute atomic E-state index is 10.8. The van der Waals surface area contributed by atoms with Gasteiger partial charge in [-0.15, -0.1) is 0 Å². The lowest BCUT2D eigenvalue weighted by molar-refractivity contribution is -0.142. The van der Waals surface area contributed by atoms with Gasteiger partial charge in [0.2, 0.25) is 0 Å². The van der Waals surface area contributed by atoms with E-state index in [2.05, 4.69) is 9.97 Å². The molecule has 1 aliphatic rings. The quantitative estimate of drug-likeness (QED) is 0.686. The van der Waals surface area contributed by atoms with E-state index >= 15 is 0 Å². The molecule has 14 heavy (non-hydrogen) atoms. The van der Waals surface area contributed by atoms with Crippen molar-refractivity contribution in [2.45, 2.75) is 19.3 Å². The molecular weight excluding hydrogens is 200 g/mol. The molecule has 1 atom stereocenters. The van der Waals surface area contributed by atoms with Gasteiger partial charge >= 0.3 is 5.97 Å². The van der Waals surface area contributed by atoms with Crippen LogP contribution >= 0.6 is 12.2 Å². The van der Waals surface area contributed by atoms with Gasteiger partial charge in [-0.2, -0.15) is 0 Å². The van der Waals surface area contributed by atoms with Gasteiger partial charge in [0.25, 0.3) is 0 Å². The number of hydrogen-bond donors (Lipinski definition) is 2. The minimum Gasteiger partial charge on any atom is -0.481 e. The van der Waals surface area contributed by atoms with Crippen LogP contribution in [0, 0.1) is 10.7 Å². The summed E-state index contributed by atoms with van der Waals surface area (Å²) in [6, 6.07) is 0. The van der Waals surface area contributed by atoms with E-state index in [-0.39, 0.29) is 5.92 Å². The van der Waals surface area contributed by atoms with Crippen molar-refractivity contribution in [3.05, 3.63) is 22.2 Å². The summed E-state index contributed by atoms with van der Waals surface area (Å²) in [5, 5.41) is 8.87. The van der Waals surface area contributed by atoms with Gasteiger partial charge in [-0.1, -0.05) is 0 Å². The first kappa shape index (κ1) is 9.33. The van der Waals surface area contributed by atoms with Crippen molar-refractivity contribution in [1.82, 2.24) is 9.97 Å². The second-order valence-corrected chi connectivity index (χ2v) is 3.86. The van der Waals surface area contributed by atoms with Gasteiger partial charge < -0.3 is 10.1 Å². The van der Waals surface area contributed by atoms with E-state index in [1.807, 2.05) is 0 Å². The summed E-state index contributed by atoms with van der Waals surface area (Å²) >= 11 is 4.90. The van der Waals surface area contributed by atoms with Crippen molar-refractivity contribution in [2.24, 2.45) is 5.92 Å². The standard InChI is InChI=1S/C9H10N2O2S/c12-8(13)5-1-2-7-6(3-5)4-10-9(14)11-7/h4-5H,1-3H2,(H,12,13)(H,10,11,14)/t5-/m0/s1. The lowest BCUT2D eigenvalue weighted by Gasteiger charge is -2.20. The van der Waals surface area contributed by atoms with Gasteiger partial charge in [0.15, 0.2) is 4.77 Å². The molecule has 0 unspecified atom stereocenters. The molecule has 0 fully saturated rings. The third-order valence-electron chi connectivity index (χ3n) is 2.54. The van der Waals surface area contributed by atoms with Crippen LogP contribution in [0.15, 0.2) is 6.20 Å². The molecule has 0 saturated heterocycles. The lowest BCUT2D eigenvalue weighted by atomic mass is 9.87. The average molecular weight is 210 g/mol. The van der Waals surface area contributed by atoms with Crippen LogP contribution in [0.2, 0.25) is 0 Å². The molecule has 2 rings (SSSR count). The number of rotatable bonds is 1. The monoisotopic (exact) mass is 210 g/mol. The van der Waals surface area contributed by atoms with Crippen LogP contribution < -0.4 is 0 Å². The molecule has 5 heteroatoms. The number of carboxylic acid groups (broad SMARTS) is 1. The fourth-order valence-corrected chi connectivity index (χ4v) is 1.93. The van der Waals surface area contributed by atoms with Crippen LogP contribution in [0.4, 0.5) is 0 Å². The van der Waals surface area contributed by atoms with E-state index in [9.17, 15) is 4.79 Å². The number of hydrogen-bond acceptors (Lipinski definition) is 3. The van der Waals surface area contributed by atoms with E-state index in [1.165, 1.54) is 0 Å². The normalized spacial score (nSPS) is 20.1. The maximum atomic E-state index is 10.8. The van der Waals surface area contributed by atoms with Crippen molar-refractivity contribution < 1.29 is 9.90 Å². The number of nitrogens with one attached hydrogen (secondary N) is 1. The van der Waals surface area contributed by atoms with Gasteiger partial charge in [-0.3, -0.25) is 4.79 Å². The largest absolute Gasteiger partial charge is 0.481 e. The molecule has 2 N–H and O–H groups in total. The Kier molecular flexibility index (Phi) is 2.33. The molecule has 74 valence electrons. The van der Waals surface area contributed by atoms with Gasteiger partial charge in [-0.05, 0) is 37.0 Å². The molecule has 1 aromatic heterocycles. The van der Waals surface area contributed by atoms with E-state index in [0.717, 1.165) is 17.7 Å². The van der Waals surface area contributed by atoms with Gasteiger partial charge in [0, 0.05) is 11.9 Å². The Hall–Kier alpha value is -1.23. The highest BCUT2D eigenvalue weighted by Crippen LogP contribution is 2.23. The highest BCUT2D eigenvalue weighted by atomic mass is 32.1. The topological polar surface area (TPSA) is 66.0 Å². The Morgan fingerprint density at radius 2 is 2.50 bits per heavy atom. The highest BCUT2D eigenvalue weighted by molar-refractivity contribution is 7.71. The molecule has 1 heterocycles. The van der Waals surface area contributed by atoms with Crippen molar-refractivity contribution in [3.63, 3.8) is 0 Å². The zero-order chi connectivity index (χ0) is 10.1. The molecule has 0 bridgehead atoms. The number of fused-ring (bicyclic) bond motifs is 1. The number of aliphatic carboxylic acids is 1. The molecule has 0 aliphatic heterocycles. The van der Waals surface area contributed by atoms with Crippen LogP contribution in [-0.2, 0) is 17.6 Å². The smallest absolute Gasteiger partial charge is 0.306 e. The minimum atomic E-state index is -0.724. The molecule has 1 aromatic rings. The third kappa shape index (κ3) is 1.68. The van der Waals surface area contributed by atoms with Crippen LogP contribution in [0.3, 0.4) is 0 Å². The maximum Gasteiger partial charge on any atom is 0.306 e. The summed E-state index contributed by atoms with van der Waals surface area (Å²) in [6.07, 6.45) is 3.67. The number of aromatic amines is 1. The zero-order valence-electron chi connectivity index (χ0n) is 7.49. The van der Waals surface area contributed by atoms with E-state index in [1.54, 1.807) is 6.20 Å². The number of aryl methyl sites for hydroxylation is 1. The molecule has 0 spiro atoms. The molecule has 0 radical (unpaired) electrons. The van der Waals surface area contributed by atoms with Crippen LogP contribution in [0.5, 0.6) is 0 Å². The number of H-pyrrole nitrogens is 1. The van der Waals surface area contributed by atoms with E-state index in [0.29, 0.717) is 17.6 Å². The molecule has 1 aliphatic carbocycles. The van der Waals surface area contributed by atoms with Crippen molar-refractivity contribution in [1.29, 1.82) is 0 Å². The summed E-state index contributed by atoms with van der Waals surface area (Å²) in [6.45, 7) is 0. The predicted octanol–water partition coefficient (Wildman–Crippen LogP) is 1.33. The number of aromatic nitrogens is 2. The summed E-state index contributed by atoms with van der Waals surface area (Å²) in [5.74, 6) is -0.994. The predicted molar refractivity (Wildman–Crippen MR) is 52.6 cm³/mol. The third-order valence-corrected chi connectivity index (χ3v) is 2.75. The minimum absolute atomic E-state index is 0.270. The second kappa shape index (κ2) is 3.49. The van der Waals surface area contributed by atoms with Gasteiger partial charge in [0.1, 0.15) is 0 Å². The fourth-order valence-electron chi connectivity index (χ4n) is 1.75. The van der Waals surface area contributed by atoms with Gasteiger partial charge in [-0.25, -0.2) is 4.98 Å². The average Bonchev–Trinajstić information content (AvgIpc) is 2.16. The first-order valence-corrected chi connectivity index (χ1v) is 4.87. The number of carboxylic acids is 1. The summed E-state index contributed by atoms with van der Waals surface area (Å²) in [7, 11) is 0. The Morgan fingerprint density at radius 3 is 3.21 bits per heavy atom. The molecule has 0 saturated carbocycles. The van der Waals surface area contributed by atoms with Crippen LogP contribution in [0.25, 0.3) is 0 Å². The van der Waals surface area contributed by atoms with Crippen LogP contribution in [-0.4, -0.2) is 21.0 Å². The van der Waals surface area contributed by atoms with Crippen molar-refractivity contribution >= 4 is 18.2 Å². The highest BCUT2D eigenvalue weighted by Gasteiger charge is 2.24. The second-order valence-electron chi connectivity index (χ2n) is 3.47. The summed E-state index contributed by atoms with van der Waals surface area (Å²) in [5.41, 5.74) is 2.03. The Labute approximate surface area is 86.0 Å². The zero-order valence-corrected chi connectivity index (χ0v) is 8.30. The fraction of sp³-hybridized carbons (Fsp3) is 0.444. The molecular formula is C9H10N2O2S. The Morgan fingerprint density at radius 1 is 1.71 bits per heavy atom. The van der Waals surface area contributed by atoms with Gasteiger partial charge in [0.05, 0.1) is 5.92 Å². The number of nitrogens with zero attached hydrogens (tertiary/aromatic N) is 1. The van der Waals surface area contributed by atoms with Crippen molar-refractivity contribution in [2.75, 3.05) is 0 Å². The lowest BCUT2D eigenvalue weighted by Crippen LogP contribution is -2.23.